The van der Waals surface area contributed by atoms with Crippen molar-refractivity contribution in [2.75, 3.05) is 33.3 Å². The van der Waals surface area contributed by atoms with E-state index in [1.54, 1.807) is 21.3 Å². The van der Waals surface area contributed by atoms with Gasteiger partial charge >= 0.3 is 0 Å². The number of rotatable bonds is 4. The summed E-state index contributed by atoms with van der Waals surface area (Å²) >= 11 is 0. The second-order valence-electron chi connectivity index (χ2n) is 5.92. The van der Waals surface area contributed by atoms with Crippen molar-refractivity contribution in [2.24, 2.45) is 0 Å². The molecule has 1 saturated heterocycles. The van der Waals surface area contributed by atoms with Gasteiger partial charge in [-0.15, -0.1) is 0 Å². The average Bonchev–Trinajstić information content (AvgIpc) is 2.99. The Morgan fingerprint density at radius 3 is 2.52 bits per heavy atom. The molecular weight excluding hydrogens is 294 g/mol. The predicted molar refractivity (Wildman–Crippen MR) is 90.0 cm³/mol. The van der Waals surface area contributed by atoms with Crippen LogP contribution in [0.4, 0.5) is 5.69 Å². The fraction of sp³-hybridized carbons (Fsp3) is 0.444. The van der Waals surface area contributed by atoms with Gasteiger partial charge in [0.05, 0.1) is 33.1 Å². The van der Waals surface area contributed by atoms with E-state index in [1.807, 2.05) is 26.1 Å². The van der Waals surface area contributed by atoms with E-state index in [1.165, 1.54) is 0 Å². The molecule has 0 amide bonds. The van der Waals surface area contributed by atoms with E-state index in [0.29, 0.717) is 0 Å². The summed E-state index contributed by atoms with van der Waals surface area (Å²) in [6, 6.07) is 3.85. The van der Waals surface area contributed by atoms with E-state index in [4.69, 9.17) is 18.9 Å². The van der Waals surface area contributed by atoms with Crippen LogP contribution in [-0.2, 0) is 9.47 Å². The maximum atomic E-state index is 6.19. The lowest BCUT2D eigenvalue weighted by Gasteiger charge is -2.35. The van der Waals surface area contributed by atoms with Crippen LogP contribution in [0.1, 0.15) is 18.9 Å². The zero-order chi connectivity index (χ0) is 16.7. The summed E-state index contributed by atoms with van der Waals surface area (Å²) in [4.78, 5) is 2.09. The smallest absolute Gasteiger partial charge is 0.157 e. The molecule has 3 rings (SSSR count). The summed E-state index contributed by atoms with van der Waals surface area (Å²) in [5, 5.41) is 0. The van der Waals surface area contributed by atoms with Gasteiger partial charge in [-0.25, -0.2) is 0 Å². The molecule has 2 atom stereocenters. The SMILES string of the molecule is C=C(C)C1CC2=C(OC)c3cc(OC)cc(OC)c3N(C)C2O1. The van der Waals surface area contributed by atoms with Gasteiger partial charge in [0.2, 0.25) is 0 Å². The van der Waals surface area contributed by atoms with Crippen LogP contribution in [0.5, 0.6) is 11.5 Å². The van der Waals surface area contributed by atoms with Crippen LogP contribution in [0.25, 0.3) is 5.76 Å². The number of methoxy groups -OCH3 is 3. The third-order valence-corrected chi connectivity index (χ3v) is 4.50. The van der Waals surface area contributed by atoms with Crippen molar-refractivity contribution in [3.8, 4) is 11.5 Å². The number of hydrogen-bond donors (Lipinski definition) is 0. The van der Waals surface area contributed by atoms with E-state index in [2.05, 4.69) is 11.5 Å². The number of likely N-dealkylation sites (N-methyl/N-ethyl adjacent to an activating group) is 1. The molecule has 0 spiro atoms. The van der Waals surface area contributed by atoms with Crippen LogP contribution >= 0.6 is 0 Å². The first kappa shape index (κ1) is 15.7. The number of fused-ring (bicyclic) bond motifs is 2. The molecule has 1 fully saturated rings. The Labute approximate surface area is 137 Å². The lowest BCUT2D eigenvalue weighted by Crippen LogP contribution is -2.37. The molecular formula is C18H23NO4. The Hall–Kier alpha value is -2.14. The number of nitrogens with zero attached hydrogens (tertiary/aromatic N) is 1. The summed E-state index contributed by atoms with van der Waals surface area (Å²) in [7, 11) is 6.99. The van der Waals surface area contributed by atoms with Gasteiger partial charge in [-0.1, -0.05) is 12.2 Å². The van der Waals surface area contributed by atoms with Gasteiger partial charge in [-0.05, 0) is 13.0 Å². The minimum Gasteiger partial charge on any atom is -0.497 e. The first-order valence-electron chi connectivity index (χ1n) is 7.58. The molecule has 2 aliphatic rings. The molecule has 0 aromatic heterocycles. The molecule has 0 N–H and O–H groups in total. The molecule has 0 bridgehead atoms. The molecule has 0 aliphatic carbocycles. The van der Waals surface area contributed by atoms with Crippen molar-refractivity contribution in [2.45, 2.75) is 25.7 Å². The summed E-state index contributed by atoms with van der Waals surface area (Å²) in [5.74, 6) is 2.31. The molecule has 5 nitrogen and oxygen atoms in total. The first-order valence-corrected chi connectivity index (χ1v) is 7.58. The highest BCUT2D eigenvalue weighted by Gasteiger charge is 2.42. The molecule has 5 heteroatoms. The zero-order valence-corrected chi connectivity index (χ0v) is 14.3. The zero-order valence-electron chi connectivity index (χ0n) is 14.3. The topological polar surface area (TPSA) is 40.2 Å². The van der Waals surface area contributed by atoms with Crippen LogP contribution in [0, 0.1) is 0 Å². The van der Waals surface area contributed by atoms with Crippen LogP contribution in [0.15, 0.2) is 29.9 Å². The average molecular weight is 317 g/mol. The largest absolute Gasteiger partial charge is 0.497 e. The highest BCUT2D eigenvalue weighted by Crippen LogP contribution is 2.49. The normalized spacial score (nSPS) is 22.6. The fourth-order valence-corrected chi connectivity index (χ4v) is 3.33. The van der Waals surface area contributed by atoms with E-state index < -0.39 is 0 Å². The second kappa shape index (κ2) is 5.81. The predicted octanol–water partition coefficient (Wildman–Crippen LogP) is 3.20. The Kier molecular flexibility index (Phi) is 3.98. The Morgan fingerprint density at radius 1 is 1.22 bits per heavy atom. The van der Waals surface area contributed by atoms with Crippen molar-refractivity contribution in [1.82, 2.24) is 0 Å². The van der Waals surface area contributed by atoms with Crippen LogP contribution in [-0.4, -0.2) is 40.7 Å². The van der Waals surface area contributed by atoms with Crippen LogP contribution < -0.4 is 14.4 Å². The Balaban J connectivity index is 2.19. The first-order chi connectivity index (χ1) is 11.0. The molecule has 23 heavy (non-hydrogen) atoms. The van der Waals surface area contributed by atoms with E-state index >= 15 is 0 Å². The standard InChI is InChI=1S/C18H23NO4/c1-10(2)14-9-13-17(22-6)12-7-11(20-4)8-15(21-5)16(12)19(3)18(13)23-14/h7-8,14,18H,1,9H2,2-6H3. The van der Waals surface area contributed by atoms with Crippen molar-refractivity contribution >= 4 is 11.4 Å². The minimum atomic E-state index is -0.165. The summed E-state index contributed by atoms with van der Waals surface area (Å²) in [5.41, 5.74) is 4.06. The monoisotopic (exact) mass is 317 g/mol. The quantitative estimate of drug-likeness (QED) is 0.798. The third kappa shape index (κ3) is 2.36. The lowest BCUT2D eigenvalue weighted by atomic mass is 9.95. The summed E-state index contributed by atoms with van der Waals surface area (Å²) in [6.07, 6.45) is 0.623. The molecule has 2 aliphatic heterocycles. The maximum absolute atomic E-state index is 6.19. The van der Waals surface area contributed by atoms with Crippen molar-refractivity contribution in [3.05, 3.63) is 35.4 Å². The fourth-order valence-electron chi connectivity index (χ4n) is 3.33. The van der Waals surface area contributed by atoms with Gasteiger partial charge in [-0.3, -0.25) is 0 Å². The molecule has 2 unspecified atom stereocenters. The molecule has 0 saturated carbocycles. The van der Waals surface area contributed by atoms with E-state index in [-0.39, 0.29) is 12.3 Å². The number of benzene rings is 1. The van der Waals surface area contributed by atoms with E-state index in [9.17, 15) is 0 Å². The van der Waals surface area contributed by atoms with Crippen LogP contribution in [0.3, 0.4) is 0 Å². The van der Waals surface area contributed by atoms with Crippen molar-refractivity contribution in [3.63, 3.8) is 0 Å². The van der Waals surface area contributed by atoms with Crippen LogP contribution in [0.2, 0.25) is 0 Å². The Bertz CT molecular complexity index is 680. The van der Waals surface area contributed by atoms with Gasteiger partial charge in [-0.2, -0.15) is 0 Å². The minimum absolute atomic E-state index is 0.00445. The number of anilines is 1. The van der Waals surface area contributed by atoms with Gasteiger partial charge in [0.25, 0.3) is 0 Å². The molecule has 2 heterocycles. The van der Waals surface area contributed by atoms with Crippen molar-refractivity contribution < 1.29 is 18.9 Å². The summed E-state index contributed by atoms with van der Waals surface area (Å²) in [6.45, 7) is 6.02. The lowest BCUT2D eigenvalue weighted by molar-refractivity contribution is 0.0734. The molecule has 1 aromatic rings. The third-order valence-electron chi connectivity index (χ3n) is 4.50. The van der Waals surface area contributed by atoms with Crippen molar-refractivity contribution in [1.29, 1.82) is 0 Å². The maximum Gasteiger partial charge on any atom is 0.157 e. The highest BCUT2D eigenvalue weighted by atomic mass is 16.5. The summed E-state index contributed by atoms with van der Waals surface area (Å²) < 4.78 is 22.9. The highest BCUT2D eigenvalue weighted by molar-refractivity contribution is 5.85. The van der Waals surface area contributed by atoms with Gasteiger partial charge in [0.1, 0.15) is 17.3 Å². The van der Waals surface area contributed by atoms with Gasteiger partial charge < -0.3 is 23.8 Å². The second-order valence-corrected chi connectivity index (χ2v) is 5.92. The molecule has 1 aromatic carbocycles. The van der Waals surface area contributed by atoms with Gasteiger partial charge in [0.15, 0.2) is 6.23 Å². The number of ether oxygens (including phenoxy) is 4. The molecule has 0 radical (unpaired) electrons. The van der Waals surface area contributed by atoms with E-state index in [0.717, 1.165) is 46.1 Å². The van der Waals surface area contributed by atoms with Gasteiger partial charge in [0, 0.05) is 30.7 Å². The molecule has 124 valence electrons. The number of hydrogen-bond acceptors (Lipinski definition) is 5. The Morgan fingerprint density at radius 2 is 1.96 bits per heavy atom.